The van der Waals surface area contributed by atoms with Crippen molar-refractivity contribution in [3.8, 4) is 5.75 Å². The minimum atomic E-state index is -0.284. The van der Waals surface area contributed by atoms with E-state index < -0.39 is 0 Å². The maximum absolute atomic E-state index is 12.5. The molecule has 0 bridgehead atoms. The number of morpholine rings is 1. The summed E-state index contributed by atoms with van der Waals surface area (Å²) in [7, 11) is 0. The first kappa shape index (κ1) is 18.4. The summed E-state index contributed by atoms with van der Waals surface area (Å²) in [6.45, 7) is 2.94. The molecule has 10 nitrogen and oxygen atoms in total. The van der Waals surface area contributed by atoms with Gasteiger partial charge < -0.3 is 9.47 Å². The fourth-order valence-electron chi connectivity index (χ4n) is 3.17. The minimum Gasteiger partial charge on any atom is -0.494 e. The van der Waals surface area contributed by atoms with Crippen molar-refractivity contribution < 1.29 is 19.1 Å². The van der Waals surface area contributed by atoms with E-state index >= 15 is 0 Å². The minimum absolute atomic E-state index is 0.0273. The Morgan fingerprint density at radius 3 is 2.93 bits per heavy atom. The van der Waals surface area contributed by atoms with Crippen LogP contribution < -0.4 is 21.0 Å². The van der Waals surface area contributed by atoms with Crippen molar-refractivity contribution in [2.24, 2.45) is 0 Å². The quantitative estimate of drug-likeness (QED) is 0.664. The molecule has 2 aliphatic heterocycles. The average molecular weight is 387 g/mol. The Balaban J connectivity index is 1.32. The Kier molecular flexibility index (Phi) is 5.22. The molecular weight excluding hydrogens is 366 g/mol. The van der Waals surface area contributed by atoms with Gasteiger partial charge in [-0.05, 0) is 24.6 Å². The van der Waals surface area contributed by atoms with Gasteiger partial charge in [-0.3, -0.25) is 29.7 Å². The molecule has 3 heterocycles. The number of nitrogens with zero attached hydrogens (tertiary/aromatic N) is 3. The highest BCUT2D eigenvalue weighted by molar-refractivity contribution is 5.94. The topological polar surface area (TPSA) is 115 Å². The molecule has 148 valence electrons. The lowest BCUT2D eigenvalue weighted by Crippen LogP contribution is -2.48. The first-order valence-corrected chi connectivity index (χ1v) is 9.19. The third-order valence-corrected chi connectivity index (χ3v) is 4.59. The highest BCUT2D eigenvalue weighted by Crippen LogP contribution is 2.20. The van der Waals surface area contributed by atoms with Crippen molar-refractivity contribution in [3.63, 3.8) is 0 Å². The van der Waals surface area contributed by atoms with Crippen molar-refractivity contribution in [2.75, 3.05) is 38.2 Å². The zero-order valence-corrected chi connectivity index (χ0v) is 15.3. The summed E-state index contributed by atoms with van der Waals surface area (Å²) in [6.07, 6.45) is 0.893. The lowest BCUT2D eigenvalue weighted by atomic mass is 10.2. The first-order valence-electron chi connectivity index (χ1n) is 9.19. The predicted octanol–water partition coefficient (Wildman–Crippen LogP) is -0.129. The van der Waals surface area contributed by atoms with Crippen LogP contribution >= 0.6 is 0 Å². The molecule has 28 heavy (non-hydrogen) atoms. The van der Waals surface area contributed by atoms with Gasteiger partial charge in [-0.2, -0.15) is 0 Å². The van der Waals surface area contributed by atoms with E-state index in [0.717, 1.165) is 0 Å². The molecule has 0 aliphatic carbocycles. The molecule has 1 aromatic carbocycles. The third-order valence-electron chi connectivity index (χ3n) is 4.59. The van der Waals surface area contributed by atoms with Gasteiger partial charge in [0.2, 0.25) is 17.8 Å². The van der Waals surface area contributed by atoms with Gasteiger partial charge in [-0.1, -0.05) is 0 Å². The number of benzene rings is 1. The molecule has 2 aromatic rings. The van der Waals surface area contributed by atoms with Crippen LogP contribution in [0.3, 0.4) is 0 Å². The van der Waals surface area contributed by atoms with Crippen molar-refractivity contribution in [1.82, 2.24) is 20.0 Å². The van der Waals surface area contributed by atoms with Crippen LogP contribution in [0.25, 0.3) is 10.9 Å². The second-order valence-electron chi connectivity index (χ2n) is 6.64. The first-order chi connectivity index (χ1) is 13.6. The third kappa shape index (κ3) is 3.97. The van der Waals surface area contributed by atoms with Gasteiger partial charge in [0.15, 0.2) is 0 Å². The van der Waals surface area contributed by atoms with Crippen LogP contribution in [0.1, 0.15) is 12.8 Å². The number of ether oxygens (including phenoxy) is 2. The van der Waals surface area contributed by atoms with Crippen molar-refractivity contribution in [3.05, 3.63) is 28.6 Å². The Morgan fingerprint density at radius 2 is 2.11 bits per heavy atom. The molecule has 2 N–H and O–H groups in total. The summed E-state index contributed by atoms with van der Waals surface area (Å²) in [6, 6.07) is 5.02. The second kappa shape index (κ2) is 7.95. The number of amides is 2. The molecule has 0 atom stereocenters. The molecule has 0 unspecified atom stereocenters. The van der Waals surface area contributed by atoms with Gasteiger partial charge in [0.05, 0.1) is 30.7 Å². The molecule has 1 fully saturated rings. The highest BCUT2D eigenvalue weighted by atomic mass is 16.5. The molecule has 0 radical (unpaired) electrons. The van der Waals surface area contributed by atoms with Crippen molar-refractivity contribution in [1.29, 1.82) is 0 Å². The Labute approximate surface area is 160 Å². The van der Waals surface area contributed by atoms with Crippen LogP contribution in [0, 0.1) is 0 Å². The number of carbonyl (C=O) groups is 2. The van der Waals surface area contributed by atoms with Crippen LogP contribution in [-0.4, -0.2) is 59.3 Å². The van der Waals surface area contributed by atoms with E-state index in [-0.39, 0.29) is 29.9 Å². The number of aromatic nitrogens is 2. The van der Waals surface area contributed by atoms with E-state index in [1.165, 1.54) is 4.57 Å². The van der Waals surface area contributed by atoms with Crippen molar-refractivity contribution >= 4 is 28.7 Å². The molecular formula is C18H21N5O5. The summed E-state index contributed by atoms with van der Waals surface area (Å²) in [5.41, 5.74) is 3.06. The normalized spacial score (nSPS) is 16.6. The largest absolute Gasteiger partial charge is 0.494 e. The van der Waals surface area contributed by atoms with E-state index in [2.05, 4.69) is 15.7 Å². The average Bonchev–Trinajstić information content (AvgIpc) is 3.07. The van der Waals surface area contributed by atoms with E-state index in [1.54, 1.807) is 18.2 Å². The zero-order chi connectivity index (χ0) is 19.5. The maximum atomic E-state index is 12.5. The van der Waals surface area contributed by atoms with Crippen LogP contribution in [-0.2, 0) is 20.9 Å². The summed E-state index contributed by atoms with van der Waals surface area (Å²) in [5, 5.41) is 4.81. The number of hydrogen-bond acceptors (Lipinski definition) is 7. The Bertz CT molecular complexity index is 967. The van der Waals surface area contributed by atoms with Gasteiger partial charge in [0.25, 0.3) is 5.56 Å². The van der Waals surface area contributed by atoms with Gasteiger partial charge in [0, 0.05) is 19.5 Å². The molecule has 10 heteroatoms. The Morgan fingerprint density at radius 1 is 1.29 bits per heavy atom. The van der Waals surface area contributed by atoms with Crippen LogP contribution in [0.5, 0.6) is 5.75 Å². The van der Waals surface area contributed by atoms with Gasteiger partial charge in [-0.25, -0.2) is 9.99 Å². The molecule has 1 aromatic heterocycles. The molecule has 2 amide bonds. The van der Waals surface area contributed by atoms with Gasteiger partial charge >= 0.3 is 0 Å². The molecule has 1 saturated heterocycles. The van der Waals surface area contributed by atoms with Crippen LogP contribution in [0.4, 0.5) is 5.95 Å². The lowest BCUT2D eigenvalue weighted by molar-refractivity contribution is -0.128. The number of hydrazine groups is 1. The van der Waals surface area contributed by atoms with E-state index in [0.29, 0.717) is 62.4 Å². The summed E-state index contributed by atoms with van der Waals surface area (Å²) >= 11 is 0. The van der Waals surface area contributed by atoms with E-state index in [9.17, 15) is 14.4 Å². The predicted molar refractivity (Wildman–Crippen MR) is 99.9 cm³/mol. The van der Waals surface area contributed by atoms with Crippen molar-refractivity contribution in [2.45, 2.75) is 19.4 Å². The van der Waals surface area contributed by atoms with E-state index in [4.69, 9.17) is 9.47 Å². The van der Waals surface area contributed by atoms with Gasteiger partial charge in [0.1, 0.15) is 12.3 Å². The summed E-state index contributed by atoms with van der Waals surface area (Å²) in [4.78, 5) is 40.2. The molecule has 0 spiro atoms. The highest BCUT2D eigenvalue weighted by Gasteiger charge is 2.21. The summed E-state index contributed by atoms with van der Waals surface area (Å²) < 4.78 is 12.2. The standard InChI is InChI=1S/C18H21N5O5/c24-15(21-22-5-8-27-9-6-22)2-1-7-28-12-3-4-14-13(10-12)17(26)23-11-16(25)20-18(23)19-14/h3-4,10H,1-2,5-9,11H2,(H,21,24)(H,19,20,25). The molecule has 4 rings (SSSR count). The number of rotatable bonds is 6. The lowest BCUT2D eigenvalue weighted by Gasteiger charge is -2.26. The number of hydrogen-bond donors (Lipinski definition) is 2. The molecule has 0 saturated carbocycles. The monoisotopic (exact) mass is 387 g/mol. The Hall–Kier alpha value is -2.98. The fraction of sp³-hybridized carbons (Fsp3) is 0.444. The van der Waals surface area contributed by atoms with Gasteiger partial charge in [-0.15, -0.1) is 0 Å². The summed E-state index contributed by atoms with van der Waals surface area (Å²) in [5.74, 6) is 0.478. The fourth-order valence-corrected chi connectivity index (χ4v) is 3.17. The zero-order valence-electron chi connectivity index (χ0n) is 15.3. The SMILES string of the molecule is O=C1Cn2c(nc3ccc(OCCCC(=O)NN4CCOCC4)cc3c2=O)N1. The maximum Gasteiger partial charge on any atom is 0.263 e. The number of fused-ring (bicyclic) bond motifs is 2. The number of carbonyl (C=O) groups excluding carboxylic acids is 2. The van der Waals surface area contributed by atoms with Crippen LogP contribution in [0.15, 0.2) is 23.0 Å². The number of nitrogens with one attached hydrogen (secondary N) is 2. The smallest absolute Gasteiger partial charge is 0.263 e. The van der Waals surface area contributed by atoms with Crippen LogP contribution in [0.2, 0.25) is 0 Å². The second-order valence-corrected chi connectivity index (χ2v) is 6.64. The van der Waals surface area contributed by atoms with E-state index in [1.807, 2.05) is 5.01 Å². The number of anilines is 1. The molecule has 2 aliphatic rings.